The van der Waals surface area contributed by atoms with Crippen LogP contribution in [-0.2, 0) is 9.53 Å². The molecule has 0 unspecified atom stereocenters. The van der Waals surface area contributed by atoms with Crippen molar-refractivity contribution in [2.45, 2.75) is 6.42 Å². The van der Waals surface area contributed by atoms with E-state index in [4.69, 9.17) is 18.0 Å². The molecular weight excluding hydrogens is 266 g/mol. The van der Waals surface area contributed by atoms with Gasteiger partial charge in [0.25, 0.3) is 5.91 Å². The van der Waals surface area contributed by atoms with Crippen LogP contribution in [0.15, 0.2) is 18.3 Å². The molecule has 19 heavy (non-hydrogen) atoms. The number of amides is 1. The van der Waals surface area contributed by atoms with E-state index in [1.165, 1.54) is 18.2 Å². The normalized spacial score (nSPS) is 9.79. The van der Waals surface area contributed by atoms with Gasteiger partial charge in [-0.25, -0.2) is 0 Å². The summed E-state index contributed by atoms with van der Waals surface area (Å²) in [5.41, 5.74) is 6.31. The molecule has 0 aromatic carbocycles. The van der Waals surface area contributed by atoms with Crippen LogP contribution in [0.4, 0.5) is 0 Å². The first-order valence-corrected chi connectivity index (χ1v) is 5.94. The second kappa shape index (κ2) is 6.79. The largest absolute Gasteiger partial charge is 0.469 e. The lowest BCUT2D eigenvalue weighted by molar-refractivity contribution is -0.140. The molecule has 0 bridgehead atoms. The summed E-state index contributed by atoms with van der Waals surface area (Å²) in [5, 5.41) is 0. The van der Waals surface area contributed by atoms with Gasteiger partial charge in [-0.05, 0) is 12.1 Å². The molecule has 0 saturated carbocycles. The van der Waals surface area contributed by atoms with E-state index >= 15 is 0 Å². The van der Waals surface area contributed by atoms with Gasteiger partial charge in [0.15, 0.2) is 0 Å². The number of esters is 1. The molecule has 2 N–H and O–H groups in total. The Morgan fingerprint density at radius 2 is 2.16 bits per heavy atom. The SMILES string of the molecule is COC(=O)CCN(C)C(=O)c1ccc(C(N)=S)cn1. The van der Waals surface area contributed by atoms with Crippen LogP contribution in [0.2, 0.25) is 0 Å². The zero-order valence-electron chi connectivity index (χ0n) is 10.8. The predicted molar refractivity (Wildman–Crippen MR) is 73.7 cm³/mol. The van der Waals surface area contributed by atoms with Gasteiger partial charge in [0.1, 0.15) is 10.7 Å². The molecule has 0 aliphatic heterocycles. The van der Waals surface area contributed by atoms with Crippen molar-refractivity contribution in [1.82, 2.24) is 9.88 Å². The van der Waals surface area contributed by atoms with Crippen LogP contribution in [0.3, 0.4) is 0 Å². The van der Waals surface area contributed by atoms with E-state index in [1.54, 1.807) is 19.2 Å². The number of hydrogen-bond donors (Lipinski definition) is 1. The van der Waals surface area contributed by atoms with Gasteiger partial charge in [-0.2, -0.15) is 0 Å². The number of ether oxygens (including phenoxy) is 1. The molecule has 0 aliphatic carbocycles. The van der Waals surface area contributed by atoms with Crippen molar-refractivity contribution in [1.29, 1.82) is 0 Å². The number of rotatable bonds is 5. The van der Waals surface area contributed by atoms with Crippen molar-refractivity contribution < 1.29 is 14.3 Å². The van der Waals surface area contributed by atoms with Crippen molar-refractivity contribution >= 4 is 29.1 Å². The Bertz CT molecular complexity index is 487. The lowest BCUT2D eigenvalue weighted by Gasteiger charge is -2.15. The number of methoxy groups -OCH3 is 1. The first kappa shape index (κ1) is 15.0. The third-order valence-corrected chi connectivity index (χ3v) is 2.73. The highest BCUT2D eigenvalue weighted by molar-refractivity contribution is 7.80. The van der Waals surface area contributed by atoms with E-state index < -0.39 is 0 Å². The second-order valence-electron chi connectivity index (χ2n) is 3.85. The average Bonchev–Trinajstić information content (AvgIpc) is 2.43. The van der Waals surface area contributed by atoms with Gasteiger partial charge in [-0.1, -0.05) is 12.2 Å². The topological polar surface area (TPSA) is 85.5 Å². The summed E-state index contributed by atoms with van der Waals surface area (Å²) in [6, 6.07) is 3.18. The van der Waals surface area contributed by atoms with Gasteiger partial charge < -0.3 is 15.4 Å². The van der Waals surface area contributed by atoms with Crippen molar-refractivity contribution in [3.63, 3.8) is 0 Å². The van der Waals surface area contributed by atoms with Crippen molar-refractivity contribution in [2.24, 2.45) is 5.73 Å². The Hall–Kier alpha value is -2.02. The number of nitrogens with two attached hydrogens (primary N) is 1. The first-order chi connectivity index (χ1) is 8.95. The first-order valence-electron chi connectivity index (χ1n) is 5.54. The maximum Gasteiger partial charge on any atom is 0.307 e. The van der Waals surface area contributed by atoms with E-state index in [9.17, 15) is 9.59 Å². The van der Waals surface area contributed by atoms with E-state index in [2.05, 4.69) is 9.72 Å². The van der Waals surface area contributed by atoms with Crippen molar-refractivity contribution in [3.8, 4) is 0 Å². The maximum absolute atomic E-state index is 12.0. The van der Waals surface area contributed by atoms with Gasteiger partial charge in [0.2, 0.25) is 0 Å². The Morgan fingerprint density at radius 1 is 1.47 bits per heavy atom. The zero-order chi connectivity index (χ0) is 14.4. The zero-order valence-corrected chi connectivity index (χ0v) is 11.6. The van der Waals surface area contributed by atoms with Crippen LogP contribution < -0.4 is 5.73 Å². The van der Waals surface area contributed by atoms with E-state index in [0.717, 1.165) is 0 Å². The molecule has 7 heteroatoms. The summed E-state index contributed by atoms with van der Waals surface area (Å²) in [7, 11) is 2.90. The smallest absolute Gasteiger partial charge is 0.307 e. The number of aromatic nitrogens is 1. The van der Waals surface area contributed by atoms with Crippen LogP contribution in [0.5, 0.6) is 0 Å². The number of carbonyl (C=O) groups is 2. The molecule has 1 amide bonds. The maximum atomic E-state index is 12.0. The highest BCUT2D eigenvalue weighted by atomic mass is 32.1. The monoisotopic (exact) mass is 281 g/mol. The summed E-state index contributed by atoms with van der Waals surface area (Å²) < 4.78 is 4.51. The molecule has 6 nitrogen and oxygen atoms in total. The fraction of sp³-hybridized carbons (Fsp3) is 0.333. The lowest BCUT2D eigenvalue weighted by Crippen LogP contribution is -2.30. The molecule has 0 aliphatic rings. The standard InChI is InChI=1S/C12H15N3O3S/c1-15(6-5-10(16)18-2)12(17)9-4-3-8(7-14-9)11(13)19/h3-4,7H,5-6H2,1-2H3,(H2,13,19). The summed E-state index contributed by atoms with van der Waals surface area (Å²) >= 11 is 4.80. The van der Waals surface area contributed by atoms with Crippen molar-refractivity contribution in [2.75, 3.05) is 20.7 Å². The number of carbonyl (C=O) groups excluding carboxylic acids is 2. The predicted octanol–water partition coefficient (Wildman–Crippen LogP) is 0.351. The molecule has 0 radical (unpaired) electrons. The van der Waals surface area contributed by atoms with Crippen LogP contribution in [-0.4, -0.2) is 47.5 Å². The second-order valence-corrected chi connectivity index (χ2v) is 4.29. The third-order valence-electron chi connectivity index (χ3n) is 2.49. The molecule has 0 saturated heterocycles. The van der Waals surface area contributed by atoms with Crippen molar-refractivity contribution in [3.05, 3.63) is 29.6 Å². The molecule has 0 spiro atoms. The van der Waals surface area contributed by atoms with E-state index in [-0.39, 0.29) is 35.5 Å². The minimum absolute atomic E-state index is 0.143. The van der Waals surface area contributed by atoms with Gasteiger partial charge in [-0.3, -0.25) is 14.6 Å². The summed E-state index contributed by atoms with van der Waals surface area (Å²) in [4.78, 5) is 28.6. The minimum Gasteiger partial charge on any atom is -0.469 e. The molecule has 102 valence electrons. The Morgan fingerprint density at radius 3 is 2.63 bits per heavy atom. The number of pyridine rings is 1. The number of thiocarbonyl (C=S) groups is 1. The Labute approximate surface area is 116 Å². The lowest BCUT2D eigenvalue weighted by atomic mass is 10.2. The number of nitrogens with zero attached hydrogens (tertiary/aromatic N) is 2. The average molecular weight is 281 g/mol. The Kier molecular flexibility index (Phi) is 5.37. The quantitative estimate of drug-likeness (QED) is 0.619. The number of hydrogen-bond acceptors (Lipinski definition) is 5. The minimum atomic E-state index is -0.364. The van der Waals surface area contributed by atoms with Gasteiger partial charge in [0, 0.05) is 25.4 Å². The third kappa shape index (κ3) is 4.29. The summed E-state index contributed by atoms with van der Waals surface area (Å²) in [5.74, 6) is -0.644. The fourth-order valence-electron chi connectivity index (χ4n) is 1.32. The molecule has 0 atom stereocenters. The van der Waals surface area contributed by atoms with Crippen LogP contribution in [0.1, 0.15) is 22.5 Å². The molecule has 1 heterocycles. The summed E-state index contributed by atoms with van der Waals surface area (Å²) in [6.45, 7) is 0.268. The highest BCUT2D eigenvalue weighted by Gasteiger charge is 2.14. The molecule has 1 aromatic rings. The highest BCUT2D eigenvalue weighted by Crippen LogP contribution is 2.04. The molecule has 0 fully saturated rings. The van der Waals surface area contributed by atoms with Gasteiger partial charge in [0.05, 0.1) is 13.5 Å². The Balaban J connectivity index is 2.66. The molecule has 1 rings (SSSR count). The van der Waals surface area contributed by atoms with Gasteiger partial charge in [-0.15, -0.1) is 0 Å². The van der Waals surface area contributed by atoms with E-state index in [0.29, 0.717) is 5.56 Å². The summed E-state index contributed by atoms with van der Waals surface area (Å²) in [6.07, 6.45) is 1.59. The molecular formula is C12H15N3O3S. The van der Waals surface area contributed by atoms with Gasteiger partial charge >= 0.3 is 5.97 Å². The van der Waals surface area contributed by atoms with Crippen LogP contribution >= 0.6 is 12.2 Å². The van der Waals surface area contributed by atoms with Crippen LogP contribution in [0, 0.1) is 0 Å². The molecule has 1 aromatic heterocycles. The fourth-order valence-corrected chi connectivity index (χ4v) is 1.45. The van der Waals surface area contributed by atoms with Crippen LogP contribution in [0.25, 0.3) is 0 Å². The van der Waals surface area contributed by atoms with E-state index in [1.807, 2.05) is 0 Å².